The van der Waals surface area contributed by atoms with E-state index in [-0.39, 0.29) is 25.2 Å². The molecule has 9 heteroatoms. The summed E-state index contributed by atoms with van der Waals surface area (Å²) in [6.45, 7) is 5.03. The molecule has 27 heavy (non-hydrogen) atoms. The third kappa shape index (κ3) is 3.39. The van der Waals surface area contributed by atoms with Crippen LogP contribution in [0, 0.1) is 0 Å². The van der Waals surface area contributed by atoms with Gasteiger partial charge in [-0.2, -0.15) is 0 Å². The highest BCUT2D eigenvalue weighted by Crippen LogP contribution is 2.33. The lowest BCUT2D eigenvalue weighted by Gasteiger charge is -2.44. The summed E-state index contributed by atoms with van der Waals surface area (Å²) in [5.41, 5.74) is 6.50. The number of alkyl halides is 1. The van der Waals surface area contributed by atoms with Crippen LogP contribution in [-0.4, -0.2) is 64.3 Å². The second kappa shape index (κ2) is 6.45. The van der Waals surface area contributed by atoms with Crippen LogP contribution >= 0.6 is 11.6 Å². The fourth-order valence-electron chi connectivity index (χ4n) is 3.30. The minimum Gasteiger partial charge on any atom is -0.470 e. The summed E-state index contributed by atoms with van der Waals surface area (Å²) < 4.78 is 18.9. The highest BCUT2D eigenvalue weighted by Gasteiger charge is 2.39. The number of halogens is 2. The van der Waals surface area contributed by atoms with Crippen molar-refractivity contribution in [3.8, 4) is 5.88 Å². The van der Waals surface area contributed by atoms with E-state index in [2.05, 4.69) is 9.97 Å². The zero-order valence-electron chi connectivity index (χ0n) is 15.2. The zero-order valence-corrected chi connectivity index (χ0v) is 15.9. The quantitative estimate of drug-likeness (QED) is 0.809. The van der Waals surface area contributed by atoms with Crippen molar-refractivity contribution in [2.45, 2.75) is 31.7 Å². The molecule has 2 amide bonds. The number of aromatic nitrogens is 2. The van der Waals surface area contributed by atoms with Gasteiger partial charge in [-0.1, -0.05) is 11.6 Å². The van der Waals surface area contributed by atoms with Gasteiger partial charge in [-0.15, -0.1) is 0 Å². The van der Waals surface area contributed by atoms with Gasteiger partial charge in [0.1, 0.15) is 17.4 Å². The Morgan fingerprint density at radius 1 is 1.22 bits per heavy atom. The summed E-state index contributed by atoms with van der Waals surface area (Å²) in [5.74, 6) is 0.437. The van der Waals surface area contributed by atoms with Crippen molar-refractivity contribution in [1.29, 1.82) is 0 Å². The van der Waals surface area contributed by atoms with Crippen molar-refractivity contribution in [1.82, 2.24) is 19.8 Å². The molecule has 0 aliphatic carbocycles. The number of likely N-dealkylation sites (tertiary alicyclic amines) is 2. The van der Waals surface area contributed by atoms with Crippen LogP contribution in [-0.2, 0) is 5.54 Å². The lowest BCUT2D eigenvalue weighted by Crippen LogP contribution is -2.63. The third-order valence-corrected chi connectivity index (χ3v) is 5.11. The molecule has 0 aromatic carbocycles. The van der Waals surface area contributed by atoms with Crippen LogP contribution in [0.15, 0.2) is 18.5 Å². The number of carbonyl (C=O) groups excluding carboxylic acids is 1. The predicted molar refractivity (Wildman–Crippen MR) is 99.6 cm³/mol. The minimum absolute atomic E-state index is 0.143. The molecule has 2 aromatic rings. The Bertz CT molecular complexity index is 891. The molecule has 7 nitrogen and oxygen atoms in total. The van der Waals surface area contributed by atoms with Gasteiger partial charge in [0.05, 0.1) is 31.6 Å². The maximum Gasteiger partial charge on any atom is 0.320 e. The minimum atomic E-state index is -0.900. The summed E-state index contributed by atoms with van der Waals surface area (Å²) in [4.78, 5) is 23.8. The average molecular weight is 394 g/mol. The number of rotatable bonds is 3. The Morgan fingerprint density at radius 3 is 2.52 bits per heavy atom. The van der Waals surface area contributed by atoms with Crippen LogP contribution in [0.2, 0.25) is 5.15 Å². The summed E-state index contributed by atoms with van der Waals surface area (Å²) in [6.07, 6.45) is 2.25. The molecule has 0 spiro atoms. The summed E-state index contributed by atoms with van der Waals surface area (Å²) in [6, 6.07) is 1.61. The molecule has 2 aliphatic rings. The van der Waals surface area contributed by atoms with Crippen molar-refractivity contribution < 1.29 is 13.9 Å². The smallest absolute Gasteiger partial charge is 0.320 e. The van der Waals surface area contributed by atoms with Gasteiger partial charge in [-0.3, -0.25) is 0 Å². The van der Waals surface area contributed by atoms with Crippen molar-refractivity contribution in [2.24, 2.45) is 5.73 Å². The highest BCUT2D eigenvalue weighted by atomic mass is 35.5. The molecule has 2 N–H and O–H groups in total. The van der Waals surface area contributed by atoms with Crippen LogP contribution in [0.4, 0.5) is 9.18 Å². The maximum atomic E-state index is 12.9. The predicted octanol–water partition coefficient (Wildman–Crippen LogP) is 2.31. The second-order valence-electron chi connectivity index (χ2n) is 7.68. The van der Waals surface area contributed by atoms with Crippen molar-refractivity contribution in [3.63, 3.8) is 0 Å². The molecule has 0 saturated carbocycles. The molecule has 2 fully saturated rings. The normalized spacial score (nSPS) is 18.4. The fraction of sp³-hybridized carbons (Fsp3) is 0.500. The van der Waals surface area contributed by atoms with Gasteiger partial charge in [0.25, 0.3) is 0 Å². The molecular weight excluding hydrogens is 373 g/mol. The number of carbonyl (C=O) groups is 1. The maximum absolute atomic E-state index is 12.9. The monoisotopic (exact) mass is 393 g/mol. The summed E-state index contributed by atoms with van der Waals surface area (Å²) in [5, 5.41) is 1.93. The van der Waals surface area contributed by atoms with E-state index in [1.54, 1.807) is 23.4 Å². The molecular formula is C18H21ClFN5O2. The second-order valence-corrected chi connectivity index (χ2v) is 8.07. The first-order valence-electron chi connectivity index (χ1n) is 8.80. The van der Waals surface area contributed by atoms with Crippen molar-refractivity contribution >= 4 is 28.4 Å². The van der Waals surface area contributed by atoms with Crippen LogP contribution in [0.1, 0.15) is 19.4 Å². The van der Waals surface area contributed by atoms with E-state index in [0.29, 0.717) is 24.1 Å². The number of urea groups is 1. The Balaban J connectivity index is 1.50. The van der Waals surface area contributed by atoms with E-state index in [4.69, 9.17) is 22.1 Å². The number of hydrogen-bond donors (Lipinski definition) is 1. The molecule has 0 bridgehead atoms. The first-order valence-corrected chi connectivity index (χ1v) is 9.18. The fourth-order valence-corrected chi connectivity index (χ4v) is 3.46. The summed E-state index contributed by atoms with van der Waals surface area (Å²) >= 11 is 6.06. The SMILES string of the molecule is CC(C)(N)c1cnc(OC2CN(C(=O)N3CC(F)C3)C2)c2cnc(Cl)cc12. The van der Waals surface area contributed by atoms with Gasteiger partial charge < -0.3 is 20.3 Å². The van der Waals surface area contributed by atoms with Crippen molar-refractivity contribution in [2.75, 3.05) is 26.2 Å². The Morgan fingerprint density at radius 2 is 1.89 bits per heavy atom. The van der Waals surface area contributed by atoms with Gasteiger partial charge in [0.15, 0.2) is 0 Å². The number of amides is 2. The van der Waals surface area contributed by atoms with E-state index >= 15 is 0 Å². The third-order valence-electron chi connectivity index (χ3n) is 4.90. The van der Waals surface area contributed by atoms with E-state index in [1.165, 1.54) is 4.90 Å². The lowest BCUT2D eigenvalue weighted by molar-refractivity contribution is 0.00778. The molecule has 2 aliphatic heterocycles. The van der Waals surface area contributed by atoms with Gasteiger partial charge >= 0.3 is 6.03 Å². The van der Waals surface area contributed by atoms with Crippen LogP contribution in [0.3, 0.4) is 0 Å². The van der Waals surface area contributed by atoms with Gasteiger partial charge in [0.2, 0.25) is 5.88 Å². The van der Waals surface area contributed by atoms with Crippen molar-refractivity contribution in [3.05, 3.63) is 29.2 Å². The number of fused-ring (bicyclic) bond motifs is 1. The highest BCUT2D eigenvalue weighted by molar-refractivity contribution is 6.30. The Kier molecular flexibility index (Phi) is 4.35. The van der Waals surface area contributed by atoms with Crippen LogP contribution < -0.4 is 10.5 Å². The van der Waals surface area contributed by atoms with Gasteiger partial charge in [-0.25, -0.2) is 19.2 Å². The first-order chi connectivity index (χ1) is 12.7. The van der Waals surface area contributed by atoms with E-state index < -0.39 is 11.7 Å². The number of nitrogens with two attached hydrogens (primary N) is 1. The molecule has 2 saturated heterocycles. The molecule has 2 aromatic heterocycles. The topological polar surface area (TPSA) is 84.6 Å². The first kappa shape index (κ1) is 18.2. The van der Waals surface area contributed by atoms with Crippen LogP contribution in [0.5, 0.6) is 5.88 Å². The zero-order chi connectivity index (χ0) is 19.3. The number of hydrogen-bond acceptors (Lipinski definition) is 5. The Hall–Kier alpha value is -2.19. The van der Waals surface area contributed by atoms with Gasteiger partial charge in [0, 0.05) is 17.9 Å². The Labute approximate surface area is 161 Å². The van der Waals surface area contributed by atoms with Crippen LogP contribution in [0.25, 0.3) is 10.8 Å². The molecule has 0 atom stereocenters. The number of ether oxygens (including phenoxy) is 1. The summed E-state index contributed by atoms with van der Waals surface area (Å²) in [7, 11) is 0. The number of pyridine rings is 2. The van der Waals surface area contributed by atoms with E-state index in [9.17, 15) is 9.18 Å². The lowest BCUT2D eigenvalue weighted by atomic mass is 9.93. The van der Waals surface area contributed by atoms with Gasteiger partial charge in [-0.05, 0) is 30.9 Å². The largest absolute Gasteiger partial charge is 0.470 e. The standard InChI is InChI=1S/C18H21ClFN5O2/c1-18(2,21)14-5-23-16(13-4-22-15(19)3-12(13)14)27-11-8-25(9-11)17(26)24-6-10(20)7-24/h3-5,10-11H,6-9,21H2,1-2H3. The number of nitrogens with zero attached hydrogens (tertiary/aromatic N) is 4. The van der Waals surface area contributed by atoms with E-state index in [0.717, 1.165) is 16.3 Å². The molecule has 4 rings (SSSR count). The molecule has 144 valence electrons. The average Bonchev–Trinajstić information content (AvgIpc) is 2.52. The molecule has 4 heterocycles. The molecule has 0 radical (unpaired) electrons. The van der Waals surface area contributed by atoms with E-state index in [1.807, 2.05) is 13.8 Å². The molecule has 0 unspecified atom stereocenters.